The number of benzene rings is 1. The third-order valence-corrected chi connectivity index (χ3v) is 5.79. The summed E-state index contributed by atoms with van der Waals surface area (Å²) in [6.07, 6.45) is 1.06. The molecule has 1 aromatic carbocycles. The molecule has 1 unspecified atom stereocenters. The van der Waals surface area contributed by atoms with E-state index in [1.54, 1.807) is 0 Å². The van der Waals surface area contributed by atoms with E-state index in [0.717, 1.165) is 24.9 Å². The first kappa shape index (κ1) is 10.4. The van der Waals surface area contributed by atoms with Crippen molar-refractivity contribution in [2.24, 2.45) is 0 Å². The molecule has 1 saturated heterocycles. The van der Waals surface area contributed by atoms with Crippen molar-refractivity contribution in [1.82, 2.24) is 5.09 Å². The summed E-state index contributed by atoms with van der Waals surface area (Å²) < 4.78 is 5.71. The van der Waals surface area contributed by atoms with Gasteiger partial charge in [0.25, 0.3) is 0 Å². The zero-order valence-corrected chi connectivity index (χ0v) is 9.91. The van der Waals surface area contributed by atoms with Crippen molar-refractivity contribution in [2.45, 2.75) is 13.3 Å². The molecule has 1 atom stereocenters. The third-order valence-electron chi connectivity index (χ3n) is 2.29. The van der Waals surface area contributed by atoms with E-state index in [0.29, 0.717) is 0 Å². The summed E-state index contributed by atoms with van der Waals surface area (Å²) in [6.45, 7) is 1.94. The average molecular weight is 227 g/mol. The van der Waals surface area contributed by atoms with E-state index in [2.05, 4.69) is 36.3 Å². The van der Waals surface area contributed by atoms with Gasteiger partial charge in [0, 0.05) is 6.54 Å². The van der Waals surface area contributed by atoms with Gasteiger partial charge in [-0.3, -0.25) is 0 Å². The van der Waals surface area contributed by atoms with Crippen LogP contribution in [0.15, 0.2) is 24.3 Å². The van der Waals surface area contributed by atoms with Gasteiger partial charge in [-0.05, 0) is 25.5 Å². The Morgan fingerprint density at radius 3 is 2.64 bits per heavy atom. The standard InChI is InChI=1S/C10H14NOPS/c1-9-3-5-10(6-4-9)13(14)11-7-2-8-12-13/h3-6H,2,7-8H2,1H3,(H,11,14). The first-order chi connectivity index (χ1) is 6.71. The molecule has 0 amide bonds. The topological polar surface area (TPSA) is 21.3 Å². The largest absolute Gasteiger partial charge is 0.500 e. The van der Waals surface area contributed by atoms with Crippen LogP contribution in [0.2, 0.25) is 0 Å². The zero-order valence-electron chi connectivity index (χ0n) is 8.19. The third kappa shape index (κ3) is 2.12. The van der Waals surface area contributed by atoms with Crippen molar-refractivity contribution in [3.63, 3.8) is 0 Å². The molecule has 2 rings (SSSR count). The Hall–Kier alpha value is -0.0800. The molecule has 76 valence electrons. The van der Waals surface area contributed by atoms with Crippen molar-refractivity contribution in [3.8, 4) is 0 Å². The number of hydrogen-bond acceptors (Lipinski definition) is 3. The lowest BCUT2D eigenvalue weighted by Crippen LogP contribution is -2.31. The Bertz CT molecular complexity index is 308. The summed E-state index contributed by atoms with van der Waals surface area (Å²) in [4.78, 5) is 0. The SMILES string of the molecule is Cc1ccc([P+]2([S-])NCCCO2)cc1. The van der Waals surface area contributed by atoms with Crippen LogP contribution in [0.5, 0.6) is 0 Å². The van der Waals surface area contributed by atoms with Gasteiger partial charge < -0.3 is 12.2 Å². The minimum Gasteiger partial charge on any atom is -0.500 e. The molecule has 1 heterocycles. The van der Waals surface area contributed by atoms with E-state index >= 15 is 0 Å². The Morgan fingerprint density at radius 2 is 2.07 bits per heavy atom. The highest BCUT2D eigenvalue weighted by atomic mass is 32.7. The normalized spacial score (nSPS) is 27.6. The molecule has 1 N–H and O–H groups in total. The van der Waals surface area contributed by atoms with Crippen molar-refractivity contribution >= 4 is 24.4 Å². The molecule has 0 aliphatic carbocycles. The van der Waals surface area contributed by atoms with Crippen LogP contribution in [-0.4, -0.2) is 13.2 Å². The Labute approximate surface area is 90.7 Å². The van der Waals surface area contributed by atoms with E-state index in [4.69, 9.17) is 16.8 Å². The molecule has 0 radical (unpaired) electrons. The molecule has 1 aliphatic heterocycles. The number of hydrogen-bond donors (Lipinski definition) is 1. The van der Waals surface area contributed by atoms with Crippen molar-refractivity contribution in [3.05, 3.63) is 29.8 Å². The average Bonchev–Trinajstić information content (AvgIpc) is 2.19. The molecule has 14 heavy (non-hydrogen) atoms. The van der Waals surface area contributed by atoms with Crippen LogP contribution >= 0.6 is 6.84 Å². The molecule has 1 fully saturated rings. The van der Waals surface area contributed by atoms with E-state index in [1.807, 2.05) is 0 Å². The monoisotopic (exact) mass is 227 g/mol. The van der Waals surface area contributed by atoms with Gasteiger partial charge in [0.2, 0.25) is 0 Å². The summed E-state index contributed by atoms with van der Waals surface area (Å²) in [5, 5.41) is 4.47. The van der Waals surface area contributed by atoms with Crippen LogP contribution < -0.4 is 10.4 Å². The number of rotatable bonds is 1. The number of nitrogens with one attached hydrogen (secondary N) is 1. The lowest BCUT2D eigenvalue weighted by atomic mass is 10.2. The zero-order chi connectivity index (χ0) is 10.0. The maximum atomic E-state index is 5.71. The molecule has 0 spiro atoms. The van der Waals surface area contributed by atoms with Gasteiger partial charge in [0.15, 0.2) is 0 Å². The minimum atomic E-state index is -1.90. The van der Waals surface area contributed by atoms with Crippen LogP contribution in [-0.2, 0) is 16.8 Å². The van der Waals surface area contributed by atoms with Crippen LogP contribution in [0.4, 0.5) is 0 Å². The molecule has 0 bridgehead atoms. The maximum absolute atomic E-state index is 5.71. The van der Waals surface area contributed by atoms with Crippen LogP contribution in [0.25, 0.3) is 0 Å². The summed E-state index contributed by atoms with van der Waals surface area (Å²) in [7, 11) is 0. The van der Waals surface area contributed by atoms with E-state index in [-0.39, 0.29) is 0 Å². The van der Waals surface area contributed by atoms with Gasteiger partial charge in [0.1, 0.15) is 12.1 Å². The highest BCUT2D eigenvalue weighted by Crippen LogP contribution is 2.53. The van der Waals surface area contributed by atoms with Gasteiger partial charge in [-0.25, -0.2) is 4.52 Å². The highest BCUT2D eigenvalue weighted by Gasteiger charge is 2.30. The van der Waals surface area contributed by atoms with Gasteiger partial charge in [-0.15, -0.1) is 0 Å². The fourth-order valence-electron chi connectivity index (χ4n) is 1.44. The second-order valence-corrected chi connectivity index (χ2v) is 7.22. The van der Waals surface area contributed by atoms with Gasteiger partial charge in [-0.2, -0.15) is 5.09 Å². The Balaban J connectivity index is 2.23. The second-order valence-electron chi connectivity index (χ2n) is 3.48. The predicted octanol–water partition coefficient (Wildman–Crippen LogP) is 1.94. The molecule has 1 aromatic rings. The molecule has 0 aromatic heterocycles. The second kappa shape index (κ2) is 4.19. The quantitative estimate of drug-likeness (QED) is 0.585. The smallest absolute Gasteiger partial charge is 0.126 e. The van der Waals surface area contributed by atoms with Gasteiger partial charge in [-0.1, -0.05) is 17.7 Å². The Morgan fingerprint density at radius 1 is 1.36 bits per heavy atom. The van der Waals surface area contributed by atoms with Crippen LogP contribution in [0, 0.1) is 6.92 Å². The van der Waals surface area contributed by atoms with Crippen molar-refractivity contribution in [2.75, 3.05) is 13.2 Å². The first-order valence-electron chi connectivity index (χ1n) is 4.78. The summed E-state index contributed by atoms with van der Waals surface area (Å²) in [6, 6.07) is 8.33. The molecule has 2 nitrogen and oxygen atoms in total. The molecule has 4 heteroatoms. The molecular formula is C10H14NOPS. The van der Waals surface area contributed by atoms with Crippen molar-refractivity contribution in [1.29, 1.82) is 0 Å². The molecular weight excluding hydrogens is 213 g/mol. The molecule has 0 saturated carbocycles. The fourth-order valence-corrected chi connectivity index (χ4v) is 4.11. The van der Waals surface area contributed by atoms with Gasteiger partial charge >= 0.3 is 0 Å². The molecule has 1 aliphatic rings. The van der Waals surface area contributed by atoms with E-state index in [9.17, 15) is 0 Å². The number of aryl methyl sites for hydroxylation is 1. The van der Waals surface area contributed by atoms with Gasteiger partial charge in [0.05, 0.1) is 6.61 Å². The van der Waals surface area contributed by atoms with E-state index < -0.39 is 6.84 Å². The lowest BCUT2D eigenvalue weighted by molar-refractivity contribution is 0.318. The Kier molecular flexibility index (Phi) is 3.13. The maximum Gasteiger partial charge on any atom is 0.126 e. The predicted molar refractivity (Wildman–Crippen MR) is 63.7 cm³/mol. The summed E-state index contributed by atoms with van der Waals surface area (Å²) >= 11 is 5.54. The summed E-state index contributed by atoms with van der Waals surface area (Å²) in [5.74, 6) is 0. The first-order valence-corrected chi connectivity index (χ1v) is 7.50. The van der Waals surface area contributed by atoms with Crippen molar-refractivity contribution < 1.29 is 4.52 Å². The minimum absolute atomic E-state index is 0.790. The fraction of sp³-hybridized carbons (Fsp3) is 0.400. The van der Waals surface area contributed by atoms with Crippen LogP contribution in [0.3, 0.4) is 0 Å². The van der Waals surface area contributed by atoms with E-state index in [1.165, 1.54) is 5.56 Å². The highest BCUT2D eigenvalue weighted by molar-refractivity contribution is 8.42. The lowest BCUT2D eigenvalue weighted by Gasteiger charge is -2.34. The summed E-state index contributed by atoms with van der Waals surface area (Å²) in [5.41, 5.74) is 1.26. The van der Waals surface area contributed by atoms with Crippen LogP contribution in [0.1, 0.15) is 12.0 Å².